The van der Waals surface area contributed by atoms with Crippen LogP contribution in [0, 0.1) is 7.43 Å². The summed E-state index contributed by atoms with van der Waals surface area (Å²) in [6.07, 6.45) is 0. The Kier molecular flexibility index (Phi) is 24.8. The van der Waals surface area contributed by atoms with Crippen LogP contribution < -0.4 is 0 Å². The predicted molar refractivity (Wildman–Crippen MR) is 31.1 cm³/mol. The van der Waals surface area contributed by atoms with Crippen molar-refractivity contribution in [2.45, 2.75) is 0 Å². The van der Waals surface area contributed by atoms with Crippen molar-refractivity contribution in [3.05, 3.63) is 7.43 Å². The molecule has 44 valence electrons. The van der Waals surface area contributed by atoms with Gasteiger partial charge in [-0.3, -0.25) is 0 Å². The summed E-state index contributed by atoms with van der Waals surface area (Å²) in [7, 11) is 0.380. The van der Waals surface area contributed by atoms with Crippen LogP contribution in [0.25, 0.3) is 0 Å². The van der Waals surface area contributed by atoms with Crippen molar-refractivity contribution in [3.63, 3.8) is 0 Å². The first-order valence-corrected chi connectivity index (χ1v) is 4.02. The molecule has 2 heteroatoms. The maximum atomic E-state index is 2.23. The zero-order chi connectivity index (χ0) is 3.58. The first kappa shape index (κ1) is 15.7. The Morgan fingerprint density at radius 1 is 1.00 bits per heavy atom. The molecule has 0 saturated heterocycles. The van der Waals surface area contributed by atoms with Crippen LogP contribution in [0.4, 0.5) is 0 Å². The molecule has 0 aliphatic carbocycles. The summed E-state index contributed by atoms with van der Waals surface area (Å²) in [6.45, 7) is 6.69. The Bertz CT molecular complexity index is 12.3. The van der Waals surface area contributed by atoms with Crippen molar-refractivity contribution in [2.24, 2.45) is 0 Å². The average molecular weight is 288 g/mol. The molecule has 0 fully saturated rings. The molecule has 0 aromatic heterocycles. The van der Waals surface area contributed by atoms with Crippen LogP contribution in [0.5, 0.6) is 0 Å². The molecule has 0 amide bonds. The summed E-state index contributed by atoms with van der Waals surface area (Å²) < 4.78 is 0. The molecule has 0 nitrogen and oxygen atoms in total. The van der Waals surface area contributed by atoms with Gasteiger partial charge in [-0.2, -0.15) is 0 Å². The maximum Gasteiger partial charge on any atom is 1.00 e. The second-order valence-electron chi connectivity index (χ2n) is 1.34. The van der Waals surface area contributed by atoms with Crippen molar-refractivity contribution in [2.75, 3.05) is 20.0 Å². The first-order chi connectivity index (χ1) is 1.73. The van der Waals surface area contributed by atoms with Crippen molar-refractivity contribution in [1.82, 2.24) is 0 Å². The van der Waals surface area contributed by atoms with Gasteiger partial charge in [0.2, 0.25) is 0 Å². The predicted octanol–water partition coefficient (Wildman–Crippen LogP) is 1.81. The third-order valence-corrected chi connectivity index (χ3v) is 0. The van der Waals surface area contributed by atoms with E-state index < -0.39 is 0 Å². The fourth-order valence-electron chi connectivity index (χ4n) is 0. The van der Waals surface area contributed by atoms with Gasteiger partial charge in [0.15, 0.2) is 0 Å². The summed E-state index contributed by atoms with van der Waals surface area (Å²) in [5, 5.41) is 0. The van der Waals surface area contributed by atoms with Crippen LogP contribution >= 0.6 is 7.92 Å². The van der Waals surface area contributed by atoms with E-state index in [1.54, 1.807) is 0 Å². The summed E-state index contributed by atoms with van der Waals surface area (Å²) in [5.41, 5.74) is 0. The second kappa shape index (κ2) is 9.48. The molecular weight excluding hydrogens is 276 g/mol. The number of hydrogen-bond donors (Lipinski definition) is 0. The molecule has 6 heavy (non-hydrogen) atoms. The molecule has 0 atom stereocenters. The SMILES string of the molecule is CP(C)C.[Au+].[CH3-]. The van der Waals surface area contributed by atoms with Gasteiger partial charge in [0, 0.05) is 0 Å². The maximum absolute atomic E-state index is 2.23. The van der Waals surface area contributed by atoms with Gasteiger partial charge in [-0.05, 0) is 20.0 Å². The third-order valence-electron chi connectivity index (χ3n) is 0. The minimum atomic E-state index is 0. The van der Waals surface area contributed by atoms with Crippen LogP contribution in [0.3, 0.4) is 0 Å². The van der Waals surface area contributed by atoms with Gasteiger partial charge in [-0.25, -0.2) is 0 Å². The molecule has 0 unspecified atom stereocenters. The molecule has 0 rings (SSSR count). The Morgan fingerprint density at radius 3 is 1.00 bits per heavy atom. The summed E-state index contributed by atoms with van der Waals surface area (Å²) in [4.78, 5) is 0. The quantitative estimate of drug-likeness (QED) is 0.362. The first-order valence-electron chi connectivity index (χ1n) is 1.34. The van der Waals surface area contributed by atoms with E-state index in [2.05, 4.69) is 20.0 Å². The number of hydrogen-bond acceptors (Lipinski definition) is 0. The van der Waals surface area contributed by atoms with E-state index in [4.69, 9.17) is 0 Å². The summed E-state index contributed by atoms with van der Waals surface area (Å²) in [6, 6.07) is 0. The smallest absolute Gasteiger partial charge is 0.358 e. The molecule has 0 aromatic rings. The molecular formula is C4H12AuP. The van der Waals surface area contributed by atoms with Crippen molar-refractivity contribution >= 4 is 7.92 Å². The molecule has 0 bridgehead atoms. The normalized spacial score (nSPS) is 6.00. The molecule has 0 aromatic carbocycles. The van der Waals surface area contributed by atoms with Gasteiger partial charge < -0.3 is 7.43 Å². The second-order valence-corrected chi connectivity index (χ2v) is 4.02. The Labute approximate surface area is 58.0 Å². The standard InChI is InChI=1S/C3H9P.CH3.Au/c1-4(2)3;;/h1-3H3;1H3;/q;-1;+1. The third kappa shape index (κ3) is 65.7. The van der Waals surface area contributed by atoms with Crippen LogP contribution in [-0.2, 0) is 22.4 Å². The Hall–Kier alpha value is 1.17. The summed E-state index contributed by atoms with van der Waals surface area (Å²) >= 11 is 0. The van der Waals surface area contributed by atoms with Gasteiger partial charge in [-0.15, -0.1) is 7.92 Å². The van der Waals surface area contributed by atoms with Gasteiger partial charge in [0.25, 0.3) is 0 Å². The molecule has 0 N–H and O–H groups in total. The van der Waals surface area contributed by atoms with Gasteiger partial charge in [-0.1, -0.05) is 0 Å². The molecule has 0 heterocycles. The minimum Gasteiger partial charge on any atom is -0.358 e. The van der Waals surface area contributed by atoms with E-state index in [1.807, 2.05) is 0 Å². The van der Waals surface area contributed by atoms with Crippen molar-refractivity contribution in [1.29, 1.82) is 0 Å². The van der Waals surface area contributed by atoms with Crippen LogP contribution in [0.1, 0.15) is 0 Å². The zero-order valence-electron chi connectivity index (χ0n) is 4.75. The van der Waals surface area contributed by atoms with E-state index in [0.29, 0.717) is 7.92 Å². The molecule has 0 spiro atoms. The molecule has 0 radical (unpaired) electrons. The van der Waals surface area contributed by atoms with Crippen LogP contribution in [0.15, 0.2) is 0 Å². The molecule has 0 aliphatic rings. The summed E-state index contributed by atoms with van der Waals surface area (Å²) in [5.74, 6) is 0. The van der Waals surface area contributed by atoms with Crippen LogP contribution in [0.2, 0.25) is 0 Å². The van der Waals surface area contributed by atoms with E-state index in [1.165, 1.54) is 0 Å². The van der Waals surface area contributed by atoms with Gasteiger partial charge in [0.1, 0.15) is 0 Å². The average Bonchev–Trinajstić information content (AvgIpc) is 0.811. The number of rotatable bonds is 0. The fourth-order valence-corrected chi connectivity index (χ4v) is 0. The Balaban J connectivity index is -0.0000000450. The topological polar surface area (TPSA) is 0 Å². The van der Waals surface area contributed by atoms with Crippen LogP contribution in [-0.4, -0.2) is 20.0 Å². The largest absolute Gasteiger partial charge is 1.00 e. The van der Waals surface area contributed by atoms with E-state index >= 15 is 0 Å². The van der Waals surface area contributed by atoms with Crippen molar-refractivity contribution in [3.8, 4) is 0 Å². The molecule has 0 aliphatic heterocycles. The monoisotopic (exact) mass is 288 g/mol. The Morgan fingerprint density at radius 2 is 1.00 bits per heavy atom. The van der Waals surface area contributed by atoms with E-state index in [-0.39, 0.29) is 29.8 Å². The fraction of sp³-hybridized carbons (Fsp3) is 0.750. The zero-order valence-corrected chi connectivity index (χ0v) is 7.81. The van der Waals surface area contributed by atoms with Gasteiger partial charge >= 0.3 is 22.4 Å². The van der Waals surface area contributed by atoms with E-state index in [0.717, 1.165) is 0 Å². The van der Waals surface area contributed by atoms with Crippen molar-refractivity contribution < 1.29 is 22.4 Å². The van der Waals surface area contributed by atoms with Gasteiger partial charge in [0.05, 0.1) is 0 Å². The molecule has 0 saturated carbocycles. The van der Waals surface area contributed by atoms with E-state index in [9.17, 15) is 0 Å². The minimum absolute atomic E-state index is 0.